The number of nitrogens with zero attached hydrogens (tertiary/aromatic N) is 1. The molecule has 0 spiro atoms. The quantitative estimate of drug-likeness (QED) is 0.849. The Labute approximate surface area is 118 Å². The maximum absolute atomic E-state index is 12.6. The first-order chi connectivity index (χ1) is 9.40. The number of anilines is 2. The molecule has 0 aromatic heterocycles. The highest BCUT2D eigenvalue weighted by Gasteiger charge is 2.31. The molecule has 0 aliphatic rings. The number of benzene rings is 2. The maximum Gasteiger partial charge on any atom is 0.416 e. The summed E-state index contributed by atoms with van der Waals surface area (Å²) in [6.07, 6.45) is -4.47. The molecule has 2 rings (SSSR count). The first-order valence-electron chi connectivity index (χ1n) is 5.54. The molecule has 2 aromatic carbocycles. The number of nitriles is 1. The summed E-state index contributed by atoms with van der Waals surface area (Å²) in [5.74, 6) is 0. The smallest absolute Gasteiger partial charge is 0.354 e. The van der Waals surface area contributed by atoms with Crippen LogP contribution in [0.3, 0.4) is 0 Å². The standard InChI is InChI=1S/C14H8ClF3N2/c15-11-2-4-12(5-3-11)20-13-6-1-10(14(16,17)18)7-9(13)8-19/h1-7,20H. The number of rotatable bonds is 2. The van der Waals surface area contributed by atoms with Crippen molar-refractivity contribution in [2.24, 2.45) is 0 Å². The van der Waals surface area contributed by atoms with Crippen LogP contribution in [0.2, 0.25) is 5.02 Å². The number of halogens is 4. The molecular weight excluding hydrogens is 289 g/mol. The molecule has 2 aromatic rings. The fourth-order valence-corrected chi connectivity index (χ4v) is 1.74. The van der Waals surface area contributed by atoms with Crippen molar-refractivity contribution in [3.63, 3.8) is 0 Å². The van der Waals surface area contributed by atoms with E-state index in [9.17, 15) is 13.2 Å². The van der Waals surface area contributed by atoms with Gasteiger partial charge in [0, 0.05) is 10.7 Å². The van der Waals surface area contributed by atoms with Crippen molar-refractivity contribution in [3.05, 3.63) is 58.6 Å². The van der Waals surface area contributed by atoms with Gasteiger partial charge in [-0.25, -0.2) is 0 Å². The topological polar surface area (TPSA) is 35.8 Å². The highest BCUT2D eigenvalue weighted by atomic mass is 35.5. The minimum atomic E-state index is -4.47. The zero-order chi connectivity index (χ0) is 14.8. The van der Waals surface area contributed by atoms with Gasteiger partial charge in [0.15, 0.2) is 0 Å². The van der Waals surface area contributed by atoms with Gasteiger partial charge in [-0.15, -0.1) is 0 Å². The average molecular weight is 297 g/mol. The Balaban J connectivity index is 2.33. The van der Waals surface area contributed by atoms with E-state index in [-0.39, 0.29) is 5.56 Å². The first kappa shape index (κ1) is 14.2. The molecule has 0 unspecified atom stereocenters. The van der Waals surface area contributed by atoms with Gasteiger partial charge in [-0.1, -0.05) is 11.6 Å². The third-order valence-corrected chi connectivity index (χ3v) is 2.84. The van der Waals surface area contributed by atoms with Crippen molar-refractivity contribution in [1.29, 1.82) is 5.26 Å². The minimum Gasteiger partial charge on any atom is -0.354 e. The molecule has 0 saturated heterocycles. The normalized spacial score (nSPS) is 10.9. The van der Waals surface area contributed by atoms with Gasteiger partial charge in [-0.2, -0.15) is 18.4 Å². The Morgan fingerprint density at radius 1 is 1.05 bits per heavy atom. The van der Waals surface area contributed by atoms with Crippen LogP contribution in [-0.2, 0) is 6.18 Å². The van der Waals surface area contributed by atoms with Crippen LogP contribution in [-0.4, -0.2) is 0 Å². The molecule has 0 fully saturated rings. The van der Waals surface area contributed by atoms with Gasteiger partial charge < -0.3 is 5.32 Å². The van der Waals surface area contributed by atoms with Gasteiger partial charge in [-0.3, -0.25) is 0 Å². The zero-order valence-electron chi connectivity index (χ0n) is 10.0. The lowest BCUT2D eigenvalue weighted by Crippen LogP contribution is -2.06. The van der Waals surface area contributed by atoms with Gasteiger partial charge in [0.1, 0.15) is 6.07 Å². The fraction of sp³-hybridized carbons (Fsp3) is 0.0714. The van der Waals surface area contributed by atoms with E-state index in [2.05, 4.69) is 5.32 Å². The van der Waals surface area contributed by atoms with Gasteiger partial charge in [-0.05, 0) is 42.5 Å². The van der Waals surface area contributed by atoms with Crippen molar-refractivity contribution < 1.29 is 13.2 Å². The Morgan fingerprint density at radius 2 is 1.70 bits per heavy atom. The lowest BCUT2D eigenvalue weighted by Gasteiger charge is -2.11. The number of hydrogen-bond acceptors (Lipinski definition) is 2. The van der Waals surface area contributed by atoms with Crippen molar-refractivity contribution in [2.45, 2.75) is 6.18 Å². The molecule has 0 atom stereocenters. The maximum atomic E-state index is 12.6. The summed E-state index contributed by atoms with van der Waals surface area (Å²) < 4.78 is 37.7. The third kappa shape index (κ3) is 3.22. The van der Waals surface area contributed by atoms with Crippen molar-refractivity contribution >= 4 is 23.0 Å². The van der Waals surface area contributed by atoms with Gasteiger partial charge >= 0.3 is 6.18 Å². The van der Waals surface area contributed by atoms with Gasteiger partial charge in [0.25, 0.3) is 0 Å². The van der Waals surface area contributed by atoms with Crippen LogP contribution < -0.4 is 5.32 Å². The summed E-state index contributed by atoms with van der Waals surface area (Å²) in [6, 6.07) is 11.3. The number of hydrogen-bond donors (Lipinski definition) is 1. The largest absolute Gasteiger partial charge is 0.416 e. The van der Waals surface area contributed by atoms with Crippen molar-refractivity contribution in [1.82, 2.24) is 0 Å². The molecule has 20 heavy (non-hydrogen) atoms. The summed E-state index contributed by atoms with van der Waals surface area (Å²) in [5.41, 5.74) is 0.0129. The molecule has 0 bridgehead atoms. The first-order valence-corrected chi connectivity index (χ1v) is 5.92. The molecule has 0 aliphatic heterocycles. The van der Waals surface area contributed by atoms with Crippen molar-refractivity contribution in [2.75, 3.05) is 5.32 Å². The minimum absolute atomic E-state index is 0.0743. The molecule has 102 valence electrons. The Kier molecular flexibility index (Phi) is 3.86. The monoisotopic (exact) mass is 296 g/mol. The Bertz CT molecular complexity index is 658. The number of nitrogens with one attached hydrogen (secondary N) is 1. The van der Waals surface area contributed by atoms with Gasteiger partial charge in [0.05, 0.1) is 16.8 Å². The summed E-state index contributed by atoms with van der Waals surface area (Å²) in [5, 5.41) is 12.4. The highest BCUT2D eigenvalue weighted by molar-refractivity contribution is 6.30. The Morgan fingerprint density at radius 3 is 2.25 bits per heavy atom. The molecule has 6 heteroatoms. The molecule has 1 N–H and O–H groups in total. The van der Waals surface area contributed by atoms with Crippen LogP contribution in [0.25, 0.3) is 0 Å². The van der Waals surface area contributed by atoms with Gasteiger partial charge in [0.2, 0.25) is 0 Å². The van der Waals surface area contributed by atoms with Crippen LogP contribution in [0.1, 0.15) is 11.1 Å². The predicted molar refractivity (Wildman–Crippen MR) is 70.9 cm³/mol. The van der Waals surface area contributed by atoms with Crippen LogP contribution in [0.5, 0.6) is 0 Å². The summed E-state index contributed by atoms with van der Waals surface area (Å²) >= 11 is 5.74. The fourth-order valence-electron chi connectivity index (χ4n) is 1.61. The molecule has 2 nitrogen and oxygen atoms in total. The second-order valence-electron chi connectivity index (χ2n) is 4.00. The van der Waals surface area contributed by atoms with Crippen LogP contribution >= 0.6 is 11.6 Å². The zero-order valence-corrected chi connectivity index (χ0v) is 10.8. The molecule has 0 amide bonds. The van der Waals surface area contributed by atoms with Crippen LogP contribution in [0.4, 0.5) is 24.5 Å². The molecule has 0 radical (unpaired) electrons. The third-order valence-electron chi connectivity index (χ3n) is 2.59. The SMILES string of the molecule is N#Cc1cc(C(F)(F)F)ccc1Nc1ccc(Cl)cc1. The highest BCUT2D eigenvalue weighted by Crippen LogP contribution is 2.32. The summed E-state index contributed by atoms with van der Waals surface area (Å²) in [4.78, 5) is 0. The molecule has 0 aliphatic carbocycles. The lowest BCUT2D eigenvalue weighted by atomic mass is 10.1. The van der Waals surface area contributed by atoms with E-state index in [1.54, 1.807) is 30.3 Å². The summed E-state index contributed by atoms with van der Waals surface area (Å²) in [7, 11) is 0. The lowest BCUT2D eigenvalue weighted by molar-refractivity contribution is -0.137. The van der Waals surface area contributed by atoms with E-state index in [4.69, 9.17) is 16.9 Å². The van der Waals surface area contributed by atoms with E-state index in [1.807, 2.05) is 0 Å². The van der Waals surface area contributed by atoms with E-state index in [0.717, 1.165) is 12.1 Å². The Hall–Kier alpha value is -2.19. The van der Waals surface area contributed by atoms with E-state index >= 15 is 0 Å². The van der Waals surface area contributed by atoms with E-state index in [0.29, 0.717) is 16.4 Å². The molecular formula is C14H8ClF3N2. The van der Waals surface area contributed by atoms with Crippen LogP contribution in [0.15, 0.2) is 42.5 Å². The van der Waals surface area contributed by atoms with E-state index < -0.39 is 11.7 Å². The summed E-state index contributed by atoms with van der Waals surface area (Å²) in [6.45, 7) is 0. The van der Waals surface area contributed by atoms with Crippen LogP contribution in [0, 0.1) is 11.3 Å². The van der Waals surface area contributed by atoms with Crippen molar-refractivity contribution in [3.8, 4) is 6.07 Å². The number of alkyl halides is 3. The molecule has 0 heterocycles. The molecule has 0 saturated carbocycles. The second-order valence-corrected chi connectivity index (χ2v) is 4.44. The van der Waals surface area contributed by atoms with E-state index in [1.165, 1.54) is 6.07 Å². The second kappa shape index (κ2) is 5.43. The predicted octanol–water partition coefficient (Wildman–Crippen LogP) is 4.97. The average Bonchev–Trinajstić information content (AvgIpc) is 2.40.